The number of carbonyl (C=O) groups excluding carboxylic acids is 1. The van der Waals surface area contributed by atoms with Gasteiger partial charge in [-0.1, -0.05) is 53.9 Å². The van der Waals surface area contributed by atoms with Crippen LogP contribution in [0.25, 0.3) is 0 Å². The monoisotopic (exact) mass is 627 g/mol. The molecule has 0 bridgehead atoms. The SMILES string of the molecule is CCCCN(CCCC)CCCC.Cc1cc(Nc2ccncc2S(=O)(=O)CC(=O)CC(C)C)ccc1OP(=O)(O)O. The Labute approximate surface area is 252 Å². The maximum atomic E-state index is 12.7. The summed E-state index contributed by atoms with van der Waals surface area (Å²) in [6.45, 7) is 16.0. The maximum Gasteiger partial charge on any atom is 0.524 e. The number of hydrogen-bond donors (Lipinski definition) is 3. The third kappa shape index (κ3) is 15.3. The van der Waals surface area contributed by atoms with Crippen molar-refractivity contribution in [3.63, 3.8) is 0 Å². The molecule has 3 N–H and O–H groups in total. The van der Waals surface area contributed by atoms with Gasteiger partial charge in [-0.15, -0.1) is 0 Å². The van der Waals surface area contributed by atoms with E-state index in [4.69, 9.17) is 9.79 Å². The summed E-state index contributed by atoms with van der Waals surface area (Å²) in [4.78, 5) is 36.2. The summed E-state index contributed by atoms with van der Waals surface area (Å²) >= 11 is 0. The van der Waals surface area contributed by atoms with E-state index in [1.165, 1.54) is 88.8 Å². The summed E-state index contributed by atoms with van der Waals surface area (Å²) < 4.78 is 41.0. The maximum absolute atomic E-state index is 12.7. The number of rotatable bonds is 18. The molecule has 1 aromatic carbocycles. The van der Waals surface area contributed by atoms with Gasteiger partial charge in [0.1, 0.15) is 22.2 Å². The Morgan fingerprint density at radius 3 is 2.07 bits per heavy atom. The van der Waals surface area contributed by atoms with Crippen LogP contribution in [0.5, 0.6) is 5.75 Å². The van der Waals surface area contributed by atoms with Crippen LogP contribution in [0.2, 0.25) is 0 Å². The van der Waals surface area contributed by atoms with E-state index in [2.05, 4.69) is 40.5 Å². The van der Waals surface area contributed by atoms with E-state index < -0.39 is 23.4 Å². The molecule has 1 aromatic heterocycles. The Hall–Kier alpha value is -2.30. The molecule has 1 heterocycles. The number of carbonyl (C=O) groups is 1. The molecule has 0 radical (unpaired) electrons. The zero-order valence-corrected chi connectivity index (χ0v) is 27.7. The van der Waals surface area contributed by atoms with Gasteiger partial charge in [0, 0.05) is 24.5 Å². The smallest absolute Gasteiger partial charge is 0.404 e. The molecule has 0 fully saturated rings. The summed E-state index contributed by atoms with van der Waals surface area (Å²) in [5.41, 5.74) is 1.14. The molecule has 12 heteroatoms. The van der Waals surface area contributed by atoms with Crippen molar-refractivity contribution in [3.8, 4) is 5.75 Å². The van der Waals surface area contributed by atoms with Crippen molar-refractivity contribution in [1.29, 1.82) is 0 Å². The second-order valence-electron chi connectivity index (χ2n) is 10.9. The average Bonchev–Trinajstić information content (AvgIpc) is 2.89. The van der Waals surface area contributed by atoms with Crippen LogP contribution < -0.4 is 9.84 Å². The first-order chi connectivity index (χ1) is 19.7. The number of Topliss-reactive ketones (excluding diaryl/α,β-unsaturated/α-hetero) is 1. The van der Waals surface area contributed by atoms with Crippen molar-refractivity contribution < 1.29 is 32.1 Å². The zero-order valence-electron chi connectivity index (χ0n) is 26.0. The van der Waals surface area contributed by atoms with Gasteiger partial charge in [0.2, 0.25) is 0 Å². The molecule has 0 aliphatic rings. The molecule has 0 saturated carbocycles. The number of pyridine rings is 1. The fourth-order valence-electron chi connectivity index (χ4n) is 4.13. The third-order valence-electron chi connectivity index (χ3n) is 6.26. The Kier molecular flexibility index (Phi) is 17.1. The summed E-state index contributed by atoms with van der Waals surface area (Å²) in [5, 5.41) is 2.94. The summed E-state index contributed by atoms with van der Waals surface area (Å²) in [7, 11) is -8.59. The number of nitrogens with zero attached hydrogens (tertiary/aromatic N) is 2. The topological polar surface area (TPSA) is 146 Å². The number of aryl methyl sites for hydroxylation is 1. The molecule has 0 aliphatic carbocycles. The quantitative estimate of drug-likeness (QED) is 0.153. The number of phosphoric ester groups is 1. The minimum absolute atomic E-state index is 0.00531. The average molecular weight is 628 g/mol. The number of benzene rings is 1. The number of nitrogens with one attached hydrogen (secondary N) is 1. The second-order valence-corrected chi connectivity index (χ2v) is 14.0. The fraction of sp³-hybridized carbons (Fsp3) is 0.600. The molecule has 0 amide bonds. The van der Waals surface area contributed by atoms with Crippen molar-refractivity contribution in [2.24, 2.45) is 5.92 Å². The first-order valence-corrected chi connectivity index (χ1v) is 17.9. The molecular formula is C30H50N3O7PS. The fourth-order valence-corrected chi connectivity index (χ4v) is 5.96. The van der Waals surface area contributed by atoms with Gasteiger partial charge in [-0.25, -0.2) is 13.0 Å². The highest BCUT2D eigenvalue weighted by Gasteiger charge is 2.24. The minimum Gasteiger partial charge on any atom is -0.404 e. The highest BCUT2D eigenvalue weighted by molar-refractivity contribution is 7.92. The van der Waals surface area contributed by atoms with Gasteiger partial charge in [0.15, 0.2) is 9.84 Å². The van der Waals surface area contributed by atoms with Crippen LogP contribution in [0.1, 0.15) is 85.1 Å². The Morgan fingerprint density at radius 1 is 1.02 bits per heavy atom. The lowest BCUT2D eigenvalue weighted by Gasteiger charge is -2.21. The van der Waals surface area contributed by atoms with Crippen LogP contribution in [0.4, 0.5) is 11.4 Å². The molecule has 0 aliphatic heterocycles. The summed E-state index contributed by atoms with van der Waals surface area (Å²) in [6, 6.07) is 5.86. The second kappa shape index (κ2) is 19.1. The van der Waals surface area contributed by atoms with Crippen LogP contribution in [0, 0.1) is 12.8 Å². The van der Waals surface area contributed by atoms with Crippen LogP contribution in [-0.4, -0.2) is 59.3 Å². The van der Waals surface area contributed by atoms with Crippen LogP contribution in [0.3, 0.4) is 0 Å². The largest absolute Gasteiger partial charge is 0.524 e. The number of ketones is 1. The van der Waals surface area contributed by atoms with Gasteiger partial charge in [-0.05, 0) is 81.6 Å². The van der Waals surface area contributed by atoms with Gasteiger partial charge in [-0.3, -0.25) is 19.6 Å². The molecular weight excluding hydrogens is 577 g/mol. The highest BCUT2D eigenvalue weighted by Crippen LogP contribution is 2.39. The summed E-state index contributed by atoms with van der Waals surface area (Å²) in [6.07, 6.45) is 10.9. The Balaban J connectivity index is 0.000000572. The number of unbranched alkanes of at least 4 members (excludes halogenated alkanes) is 3. The predicted octanol–water partition coefficient (Wildman–Crippen LogP) is 6.68. The van der Waals surface area contributed by atoms with Crippen LogP contribution >= 0.6 is 7.82 Å². The first kappa shape index (κ1) is 37.7. The normalized spacial score (nSPS) is 11.8. The number of hydrogen-bond acceptors (Lipinski definition) is 8. The van der Waals surface area contributed by atoms with Crippen molar-refractivity contribution in [3.05, 3.63) is 42.2 Å². The minimum atomic E-state index is -4.69. The van der Waals surface area contributed by atoms with E-state index in [9.17, 15) is 17.8 Å². The molecule has 10 nitrogen and oxygen atoms in total. The van der Waals surface area contributed by atoms with Gasteiger partial charge in [0.05, 0.1) is 5.69 Å². The van der Waals surface area contributed by atoms with Gasteiger partial charge < -0.3 is 14.7 Å². The standard InChI is InChI=1S/C18H23N2O7PS.C12H27N/c1-12(2)8-15(21)11-29(25,26)18-10-19-7-6-16(18)20-14-4-5-17(13(3)9-14)27-28(22,23)24;1-4-7-10-13(11-8-5-2)12-9-6-3/h4-7,9-10,12H,8,11H2,1-3H3,(H,19,20)(H2,22,23,24);4-12H2,1-3H3. The molecule has 0 unspecified atom stereocenters. The molecule has 0 atom stereocenters. The van der Waals surface area contributed by atoms with Crippen molar-refractivity contribution in [2.45, 2.75) is 91.4 Å². The van der Waals surface area contributed by atoms with E-state index in [1.807, 2.05) is 13.8 Å². The molecule has 0 saturated heterocycles. The lowest BCUT2D eigenvalue weighted by molar-refractivity contribution is -0.117. The van der Waals surface area contributed by atoms with Gasteiger partial charge in [0.25, 0.3) is 0 Å². The van der Waals surface area contributed by atoms with Gasteiger partial charge in [-0.2, -0.15) is 0 Å². The highest BCUT2D eigenvalue weighted by atomic mass is 32.2. The third-order valence-corrected chi connectivity index (χ3v) is 8.39. The number of aromatic nitrogens is 1. The Bertz CT molecular complexity index is 1230. The molecule has 238 valence electrons. The summed E-state index contributed by atoms with van der Waals surface area (Å²) in [5.74, 6) is -0.920. The van der Waals surface area contributed by atoms with E-state index in [-0.39, 0.29) is 34.5 Å². The van der Waals surface area contributed by atoms with E-state index in [1.54, 1.807) is 13.0 Å². The first-order valence-electron chi connectivity index (χ1n) is 14.8. The lowest BCUT2D eigenvalue weighted by Crippen LogP contribution is -2.27. The molecule has 42 heavy (non-hydrogen) atoms. The van der Waals surface area contributed by atoms with Gasteiger partial charge >= 0.3 is 7.82 Å². The predicted molar refractivity (Wildman–Crippen MR) is 169 cm³/mol. The van der Waals surface area contributed by atoms with E-state index >= 15 is 0 Å². The van der Waals surface area contributed by atoms with E-state index in [0.29, 0.717) is 11.3 Å². The number of phosphoric acid groups is 1. The van der Waals surface area contributed by atoms with Crippen LogP contribution in [0.15, 0.2) is 41.6 Å². The molecule has 2 aromatic rings. The number of sulfone groups is 1. The van der Waals surface area contributed by atoms with Crippen molar-refractivity contribution in [2.75, 3.05) is 30.7 Å². The Morgan fingerprint density at radius 2 is 1.60 bits per heavy atom. The molecule has 0 spiro atoms. The molecule has 2 rings (SSSR count). The van der Waals surface area contributed by atoms with Crippen molar-refractivity contribution >= 4 is 34.8 Å². The lowest BCUT2D eigenvalue weighted by atomic mass is 10.1. The zero-order chi connectivity index (χ0) is 31.8. The van der Waals surface area contributed by atoms with E-state index in [0.717, 1.165) is 0 Å². The number of anilines is 2. The van der Waals surface area contributed by atoms with Crippen LogP contribution in [-0.2, 0) is 19.2 Å². The van der Waals surface area contributed by atoms with Crippen molar-refractivity contribution in [1.82, 2.24) is 9.88 Å².